The summed E-state index contributed by atoms with van der Waals surface area (Å²) in [6, 6.07) is 10.8. The van der Waals surface area contributed by atoms with Crippen LogP contribution in [0.25, 0.3) is 6.08 Å². The van der Waals surface area contributed by atoms with Crippen LogP contribution in [-0.2, 0) is 19.1 Å². The van der Waals surface area contributed by atoms with Crippen LogP contribution >= 0.6 is 11.3 Å². The van der Waals surface area contributed by atoms with E-state index < -0.39 is 23.5 Å². The van der Waals surface area contributed by atoms with E-state index in [1.807, 2.05) is 17.5 Å². The first kappa shape index (κ1) is 18.8. The first-order valence-electron chi connectivity index (χ1n) is 8.47. The minimum absolute atomic E-state index is 0.300. The van der Waals surface area contributed by atoms with Crippen LogP contribution in [0.4, 0.5) is 11.4 Å². The van der Waals surface area contributed by atoms with E-state index in [4.69, 9.17) is 4.74 Å². The van der Waals surface area contributed by atoms with E-state index in [0.717, 1.165) is 4.88 Å². The third-order valence-electron chi connectivity index (χ3n) is 4.30. The molecule has 1 aliphatic rings. The predicted octanol–water partition coefficient (Wildman–Crippen LogP) is 3.46. The summed E-state index contributed by atoms with van der Waals surface area (Å²) in [5.41, 5.74) is 0.00857. The minimum atomic E-state index is -1.11. The molecule has 0 bridgehead atoms. The molecule has 3 rings (SSSR count). The molecule has 1 N–H and O–H groups in total. The molecule has 7 heteroatoms. The number of thiophene rings is 1. The number of amides is 2. The van der Waals surface area contributed by atoms with Crippen LogP contribution < -0.4 is 10.2 Å². The quantitative estimate of drug-likeness (QED) is 0.647. The summed E-state index contributed by atoms with van der Waals surface area (Å²) in [6.45, 7) is 4.81. The lowest BCUT2D eigenvalue weighted by molar-refractivity contribution is -0.149. The third kappa shape index (κ3) is 3.78. The zero-order valence-corrected chi connectivity index (χ0v) is 16.1. The van der Waals surface area contributed by atoms with Gasteiger partial charge in [-0.1, -0.05) is 18.2 Å². The normalized spacial score (nSPS) is 16.6. The zero-order valence-electron chi connectivity index (χ0n) is 15.3. The highest BCUT2D eigenvalue weighted by Crippen LogP contribution is 2.37. The molecule has 0 spiro atoms. The number of esters is 1. The molecule has 2 heterocycles. The molecule has 2 amide bonds. The molecule has 0 unspecified atom stereocenters. The Balaban J connectivity index is 1.79. The average molecular weight is 384 g/mol. The number of fused-ring (bicyclic) bond motifs is 1. The van der Waals surface area contributed by atoms with Crippen molar-refractivity contribution in [3.05, 3.63) is 52.7 Å². The van der Waals surface area contributed by atoms with Crippen molar-refractivity contribution in [2.24, 2.45) is 0 Å². The van der Waals surface area contributed by atoms with Crippen molar-refractivity contribution in [2.75, 3.05) is 10.2 Å². The van der Waals surface area contributed by atoms with E-state index in [2.05, 4.69) is 5.32 Å². The fourth-order valence-electron chi connectivity index (χ4n) is 2.83. The van der Waals surface area contributed by atoms with Gasteiger partial charge >= 0.3 is 5.97 Å². The van der Waals surface area contributed by atoms with E-state index in [0.29, 0.717) is 11.4 Å². The number of para-hydroxylation sites is 2. The highest BCUT2D eigenvalue weighted by atomic mass is 32.1. The molecule has 0 saturated heterocycles. The zero-order chi connectivity index (χ0) is 19.6. The molecule has 1 aliphatic heterocycles. The Morgan fingerprint density at radius 1 is 1.22 bits per heavy atom. The van der Waals surface area contributed by atoms with E-state index in [1.54, 1.807) is 44.2 Å². The molecule has 27 heavy (non-hydrogen) atoms. The Morgan fingerprint density at radius 3 is 2.67 bits per heavy atom. The number of anilines is 2. The lowest BCUT2D eigenvalue weighted by Gasteiger charge is -2.42. The number of nitrogens with zero attached hydrogens (tertiary/aromatic N) is 1. The van der Waals surface area contributed by atoms with Crippen LogP contribution in [-0.4, -0.2) is 29.4 Å². The van der Waals surface area contributed by atoms with Crippen LogP contribution in [0.15, 0.2) is 47.9 Å². The van der Waals surface area contributed by atoms with Gasteiger partial charge in [0.25, 0.3) is 5.91 Å². The molecule has 2 aromatic rings. The number of carbonyl (C=O) groups excluding carboxylic acids is 3. The lowest BCUT2D eigenvalue weighted by atomic mass is 9.95. The van der Waals surface area contributed by atoms with Crippen molar-refractivity contribution in [1.82, 2.24) is 0 Å². The maximum atomic E-state index is 13.0. The maximum absolute atomic E-state index is 13.0. The fourth-order valence-corrected chi connectivity index (χ4v) is 3.45. The molecule has 1 aromatic heterocycles. The van der Waals surface area contributed by atoms with Gasteiger partial charge in [-0.05, 0) is 50.4 Å². The molecule has 0 saturated carbocycles. The summed E-state index contributed by atoms with van der Waals surface area (Å²) in [6.07, 6.45) is 1.89. The predicted molar refractivity (Wildman–Crippen MR) is 106 cm³/mol. The number of hydrogen-bond acceptors (Lipinski definition) is 5. The second-order valence-corrected chi connectivity index (χ2v) is 7.61. The number of hydrogen-bond donors (Lipinski definition) is 1. The number of rotatable bonds is 4. The molecule has 1 atom stereocenters. The Kier molecular flexibility index (Phi) is 5.14. The molecular weight excluding hydrogens is 364 g/mol. The standard InChI is InChI=1S/C20H20N2O4S/c1-13(26-17(23)11-10-14-7-6-12-27-14)18(24)22-16-9-5-4-8-15(16)21-19(25)20(22,2)3/h4-13H,1-3H3,(H,21,25)/b11-10+/t13-/m0/s1. The molecule has 140 valence electrons. The molecular formula is C20H20N2O4S. The fraction of sp³-hybridized carbons (Fsp3) is 0.250. The summed E-state index contributed by atoms with van der Waals surface area (Å²) >= 11 is 1.49. The summed E-state index contributed by atoms with van der Waals surface area (Å²) in [7, 11) is 0. The van der Waals surface area contributed by atoms with Crippen LogP contribution in [0.5, 0.6) is 0 Å². The van der Waals surface area contributed by atoms with Crippen molar-refractivity contribution in [2.45, 2.75) is 32.4 Å². The van der Waals surface area contributed by atoms with Crippen molar-refractivity contribution in [3.8, 4) is 0 Å². The van der Waals surface area contributed by atoms with Gasteiger partial charge in [0.05, 0.1) is 11.4 Å². The van der Waals surface area contributed by atoms with Crippen molar-refractivity contribution >= 4 is 46.6 Å². The first-order valence-corrected chi connectivity index (χ1v) is 9.35. The average Bonchev–Trinajstić information content (AvgIpc) is 3.14. The number of ether oxygens (including phenoxy) is 1. The Labute approximate surface area is 161 Å². The third-order valence-corrected chi connectivity index (χ3v) is 5.13. The second-order valence-electron chi connectivity index (χ2n) is 6.63. The maximum Gasteiger partial charge on any atom is 0.331 e. The Bertz CT molecular complexity index is 902. The van der Waals surface area contributed by atoms with Crippen molar-refractivity contribution < 1.29 is 19.1 Å². The summed E-state index contributed by atoms with van der Waals surface area (Å²) in [5, 5.41) is 4.70. The molecule has 0 fully saturated rings. The van der Waals surface area contributed by atoms with Crippen molar-refractivity contribution in [1.29, 1.82) is 0 Å². The van der Waals surface area contributed by atoms with Crippen LogP contribution in [0, 0.1) is 0 Å². The van der Waals surface area contributed by atoms with Gasteiger partial charge in [0, 0.05) is 11.0 Å². The lowest BCUT2D eigenvalue weighted by Crippen LogP contribution is -2.60. The van der Waals surface area contributed by atoms with Gasteiger partial charge in [-0.25, -0.2) is 4.79 Å². The molecule has 6 nitrogen and oxygen atoms in total. The van der Waals surface area contributed by atoms with Gasteiger partial charge in [0.15, 0.2) is 6.10 Å². The summed E-state index contributed by atoms with van der Waals surface area (Å²) in [4.78, 5) is 39.8. The summed E-state index contributed by atoms with van der Waals surface area (Å²) < 4.78 is 5.26. The highest BCUT2D eigenvalue weighted by molar-refractivity contribution is 7.10. The molecule has 0 radical (unpaired) electrons. The van der Waals surface area contributed by atoms with E-state index in [1.165, 1.54) is 29.2 Å². The molecule has 0 aliphatic carbocycles. The highest BCUT2D eigenvalue weighted by Gasteiger charge is 2.45. The number of carbonyl (C=O) groups is 3. The van der Waals surface area contributed by atoms with Gasteiger partial charge in [0.1, 0.15) is 5.54 Å². The minimum Gasteiger partial charge on any atom is -0.449 e. The first-order chi connectivity index (χ1) is 12.8. The van der Waals surface area contributed by atoms with E-state index in [9.17, 15) is 14.4 Å². The number of nitrogens with one attached hydrogen (secondary N) is 1. The van der Waals surface area contributed by atoms with Crippen LogP contribution in [0.3, 0.4) is 0 Å². The largest absolute Gasteiger partial charge is 0.449 e. The SMILES string of the molecule is C[C@H](OC(=O)/C=C/c1cccs1)C(=O)N1c2ccccc2NC(=O)C1(C)C. The van der Waals surface area contributed by atoms with Gasteiger partial charge < -0.3 is 10.1 Å². The van der Waals surface area contributed by atoms with E-state index >= 15 is 0 Å². The smallest absolute Gasteiger partial charge is 0.331 e. The van der Waals surface area contributed by atoms with Gasteiger partial charge in [-0.15, -0.1) is 11.3 Å². The van der Waals surface area contributed by atoms with Gasteiger partial charge in [-0.3, -0.25) is 14.5 Å². The van der Waals surface area contributed by atoms with Crippen LogP contribution in [0.1, 0.15) is 25.6 Å². The summed E-state index contributed by atoms with van der Waals surface area (Å²) in [5.74, 6) is -1.37. The van der Waals surface area contributed by atoms with Crippen LogP contribution in [0.2, 0.25) is 0 Å². The van der Waals surface area contributed by atoms with E-state index in [-0.39, 0.29) is 5.91 Å². The molecule has 1 aromatic carbocycles. The topological polar surface area (TPSA) is 75.7 Å². The second kappa shape index (κ2) is 7.36. The Hall–Kier alpha value is -2.93. The van der Waals surface area contributed by atoms with Gasteiger partial charge in [-0.2, -0.15) is 0 Å². The monoisotopic (exact) mass is 384 g/mol. The van der Waals surface area contributed by atoms with Gasteiger partial charge in [0.2, 0.25) is 5.91 Å². The Morgan fingerprint density at radius 2 is 1.96 bits per heavy atom. The van der Waals surface area contributed by atoms with Crippen molar-refractivity contribution in [3.63, 3.8) is 0 Å². The number of benzene rings is 1.